The van der Waals surface area contributed by atoms with E-state index in [-0.39, 0.29) is 34.5 Å². The van der Waals surface area contributed by atoms with Crippen LogP contribution >= 0.6 is 0 Å². The van der Waals surface area contributed by atoms with Crippen LogP contribution in [0.15, 0.2) is 209 Å². The molecule has 0 fully saturated rings. The Morgan fingerprint density at radius 2 is 0.847 bits per heavy atom. The Bertz CT molecular complexity index is 3720. The predicted molar refractivity (Wildman–Crippen MR) is 243 cm³/mol. The molecule has 0 aliphatic carbocycles. The Morgan fingerprint density at radius 3 is 1.44 bits per heavy atom. The molecule has 276 valence electrons. The lowest BCUT2D eigenvalue weighted by atomic mass is 9.98. The molecule has 0 atom stereocenters. The fourth-order valence-corrected chi connectivity index (χ4v) is 7.88. The molecule has 0 radical (unpaired) electrons. The summed E-state index contributed by atoms with van der Waals surface area (Å²) >= 11 is 0. The molecule has 12 rings (SSSR count). The summed E-state index contributed by atoms with van der Waals surface area (Å²) < 4.78 is 72.7. The van der Waals surface area contributed by atoms with Gasteiger partial charge in [0.2, 0.25) is 11.8 Å². The first kappa shape index (κ1) is 26.8. The molecular weight excluding hydrogens is 723 g/mol. The van der Waals surface area contributed by atoms with E-state index in [0.29, 0.717) is 28.5 Å². The van der Waals surface area contributed by atoms with Gasteiger partial charge >= 0.3 is 0 Å². The minimum Gasteiger partial charge on any atom is -0.436 e. The molecule has 12 aromatic rings. The molecule has 0 N–H and O–H groups in total. The van der Waals surface area contributed by atoms with Crippen molar-refractivity contribution in [3.8, 4) is 34.0 Å². The van der Waals surface area contributed by atoms with E-state index >= 15 is 0 Å². The number of hydrogen-bond acceptors (Lipinski definition) is 5. The lowest BCUT2D eigenvalue weighted by molar-refractivity contribution is 0.620. The Kier molecular flexibility index (Phi) is 6.03. The van der Waals surface area contributed by atoms with Crippen LogP contribution in [0, 0.1) is 0 Å². The second kappa shape index (κ2) is 13.3. The first-order chi connectivity index (χ1) is 32.1. The van der Waals surface area contributed by atoms with Crippen LogP contribution in [0.4, 0.5) is 17.1 Å². The Balaban J connectivity index is 0.943. The van der Waals surface area contributed by atoms with Crippen molar-refractivity contribution in [1.82, 2.24) is 9.97 Å². The first-order valence-electron chi connectivity index (χ1n) is 22.7. The van der Waals surface area contributed by atoms with Crippen LogP contribution in [0.2, 0.25) is 0 Å². The van der Waals surface area contributed by atoms with Gasteiger partial charge in [-0.3, -0.25) is 0 Å². The van der Waals surface area contributed by atoms with E-state index in [2.05, 4.69) is 35.2 Å². The summed E-state index contributed by atoms with van der Waals surface area (Å²) in [4.78, 5) is 11.8. The summed E-state index contributed by atoms with van der Waals surface area (Å²) in [5, 5.41) is 5.83. The van der Waals surface area contributed by atoms with Crippen molar-refractivity contribution < 1.29 is 18.4 Å². The number of benzene rings is 10. The highest BCUT2D eigenvalue weighted by Crippen LogP contribution is 2.39. The molecule has 0 amide bonds. The third-order valence-electron chi connectivity index (χ3n) is 10.9. The molecular formula is C54H33N3O2. The average Bonchev–Trinajstić information content (AvgIpc) is 3.96. The number of nitrogens with zero attached hydrogens (tertiary/aromatic N) is 3. The summed E-state index contributed by atoms with van der Waals surface area (Å²) in [6.45, 7) is 0. The van der Waals surface area contributed by atoms with Gasteiger partial charge in [0.1, 0.15) is 11.0 Å². The van der Waals surface area contributed by atoms with Gasteiger partial charge in [0.05, 0.1) is 9.60 Å². The van der Waals surface area contributed by atoms with Crippen LogP contribution in [-0.4, -0.2) is 9.97 Å². The second-order valence-corrected chi connectivity index (χ2v) is 14.5. The summed E-state index contributed by atoms with van der Waals surface area (Å²) in [6.07, 6.45) is 0. The van der Waals surface area contributed by atoms with Crippen LogP contribution in [0.3, 0.4) is 0 Å². The highest BCUT2D eigenvalue weighted by molar-refractivity contribution is 5.97. The third-order valence-corrected chi connectivity index (χ3v) is 10.9. The van der Waals surface area contributed by atoms with Gasteiger partial charge in [-0.2, -0.15) is 0 Å². The van der Waals surface area contributed by atoms with Crippen molar-refractivity contribution in [2.45, 2.75) is 0 Å². The van der Waals surface area contributed by atoms with Crippen LogP contribution in [0.25, 0.3) is 99.3 Å². The maximum atomic E-state index is 9.09. The van der Waals surface area contributed by atoms with E-state index in [1.807, 2.05) is 121 Å². The molecule has 2 aromatic heterocycles. The number of rotatable bonds is 6. The lowest BCUT2D eigenvalue weighted by Gasteiger charge is -2.26. The van der Waals surface area contributed by atoms with Crippen molar-refractivity contribution >= 4 is 82.4 Å². The van der Waals surface area contributed by atoms with E-state index in [0.717, 1.165) is 71.5 Å². The zero-order valence-electron chi connectivity index (χ0n) is 38.2. The van der Waals surface area contributed by atoms with Gasteiger partial charge in [-0.15, -0.1) is 0 Å². The quantitative estimate of drug-likeness (QED) is 0.169. The van der Waals surface area contributed by atoms with Gasteiger partial charge in [-0.1, -0.05) is 103 Å². The monoisotopic (exact) mass is 762 g/mol. The molecule has 0 aliphatic heterocycles. The number of hydrogen-bond donors (Lipinski definition) is 0. The van der Waals surface area contributed by atoms with Crippen LogP contribution in [0.1, 0.15) is 9.60 Å². The summed E-state index contributed by atoms with van der Waals surface area (Å²) in [5.74, 6) is 1.04. The maximum absolute atomic E-state index is 9.09. The molecule has 59 heavy (non-hydrogen) atoms. The van der Waals surface area contributed by atoms with E-state index in [4.69, 9.17) is 28.4 Å². The van der Waals surface area contributed by atoms with E-state index in [1.165, 1.54) is 0 Å². The number of aromatic nitrogens is 2. The van der Waals surface area contributed by atoms with E-state index in [1.54, 1.807) is 6.07 Å². The lowest BCUT2D eigenvalue weighted by Crippen LogP contribution is -2.09. The Labute approximate surface area is 348 Å². The maximum Gasteiger partial charge on any atom is 0.227 e. The SMILES string of the molecule is [2H]c1c([2H])c([2H])c2c([2H])c(-c3ccc4cc(N(c5ccc(-c6nc7cc8ccccc8cc7o6)cc5)c5ccc(-c6nc7cc8ccccc8cc7o6)cc5)ccc4c3)c([2H])c([2H])c2c1[2H]. The Morgan fingerprint density at radius 1 is 0.373 bits per heavy atom. The molecule has 0 aliphatic rings. The molecule has 5 heteroatoms. The summed E-state index contributed by atoms with van der Waals surface area (Å²) in [6, 6.07) is 49.4. The van der Waals surface area contributed by atoms with Crippen LogP contribution in [-0.2, 0) is 0 Å². The van der Waals surface area contributed by atoms with Gasteiger partial charge in [-0.05, 0) is 151 Å². The van der Waals surface area contributed by atoms with Gasteiger partial charge in [0, 0.05) is 28.2 Å². The molecule has 0 spiro atoms. The molecule has 0 saturated heterocycles. The van der Waals surface area contributed by atoms with Crippen molar-refractivity contribution in [3.05, 3.63) is 200 Å². The highest BCUT2D eigenvalue weighted by atomic mass is 16.4. The number of anilines is 3. The van der Waals surface area contributed by atoms with E-state index in [9.17, 15) is 0 Å². The van der Waals surface area contributed by atoms with Crippen LogP contribution in [0.5, 0.6) is 0 Å². The molecule has 0 bridgehead atoms. The van der Waals surface area contributed by atoms with Crippen molar-refractivity contribution in [2.75, 3.05) is 4.90 Å². The second-order valence-electron chi connectivity index (χ2n) is 14.5. The smallest absolute Gasteiger partial charge is 0.227 e. The standard InChI is InChI=1S/C54H33N3O2/c1-2-8-37-27-42(14-13-34(37)7-1)43-15-16-45-29-48(26-21-44(45)28-43)57(46-22-17-35(18-23-46)53-55-49-30-38-9-3-5-11-40(38)32-51(49)58-53)47-24-19-36(20-25-47)54-56-50-31-39-10-4-6-12-41(39)33-52(50)59-54/h1-33H/i1D,2D,7D,8D,13D,14D,27D. The normalized spacial score (nSPS) is 13.4. The molecule has 0 unspecified atom stereocenters. The molecule has 2 heterocycles. The highest BCUT2D eigenvalue weighted by Gasteiger charge is 2.17. The van der Waals surface area contributed by atoms with Gasteiger partial charge in [0.15, 0.2) is 11.2 Å². The van der Waals surface area contributed by atoms with Crippen molar-refractivity contribution in [3.63, 3.8) is 0 Å². The van der Waals surface area contributed by atoms with Gasteiger partial charge < -0.3 is 13.7 Å². The summed E-state index contributed by atoms with van der Waals surface area (Å²) in [5.41, 5.74) is 7.88. The van der Waals surface area contributed by atoms with Gasteiger partial charge in [0.25, 0.3) is 0 Å². The Hall–Kier alpha value is -8.02. The molecule has 10 aromatic carbocycles. The van der Waals surface area contributed by atoms with Crippen molar-refractivity contribution in [1.29, 1.82) is 0 Å². The molecule has 5 nitrogen and oxygen atoms in total. The van der Waals surface area contributed by atoms with E-state index < -0.39 is 24.2 Å². The first-order valence-corrected chi connectivity index (χ1v) is 19.2. The number of oxazole rings is 2. The van der Waals surface area contributed by atoms with Crippen LogP contribution < -0.4 is 4.90 Å². The summed E-state index contributed by atoms with van der Waals surface area (Å²) in [7, 11) is 0. The fourth-order valence-electron chi connectivity index (χ4n) is 7.88. The molecule has 0 saturated carbocycles. The average molecular weight is 763 g/mol. The minimum absolute atomic E-state index is 0.0746. The zero-order valence-corrected chi connectivity index (χ0v) is 31.2. The van der Waals surface area contributed by atoms with Crippen molar-refractivity contribution in [2.24, 2.45) is 0 Å². The third kappa shape index (κ3) is 5.87. The largest absolute Gasteiger partial charge is 0.436 e. The number of fused-ring (bicyclic) bond motifs is 6. The topological polar surface area (TPSA) is 55.3 Å². The van der Waals surface area contributed by atoms with Gasteiger partial charge in [-0.25, -0.2) is 9.97 Å². The predicted octanol–water partition coefficient (Wildman–Crippen LogP) is 15.1. The minimum atomic E-state index is -0.496. The zero-order chi connectivity index (χ0) is 45.0. The fraction of sp³-hybridized carbons (Fsp3) is 0.